The van der Waals surface area contributed by atoms with Crippen molar-refractivity contribution in [1.82, 2.24) is 4.57 Å². The molecule has 0 saturated heterocycles. The molecule has 0 aliphatic carbocycles. The van der Waals surface area contributed by atoms with Crippen molar-refractivity contribution in [3.05, 3.63) is 63.6 Å². The van der Waals surface area contributed by atoms with Crippen molar-refractivity contribution >= 4 is 11.6 Å². The van der Waals surface area contributed by atoms with Crippen molar-refractivity contribution in [2.75, 3.05) is 0 Å². The van der Waals surface area contributed by atoms with E-state index in [1.165, 1.54) is 16.8 Å². The molecule has 1 aromatic heterocycles. The highest BCUT2D eigenvalue weighted by Gasteiger charge is 2.33. The van der Waals surface area contributed by atoms with E-state index >= 15 is 0 Å². The number of hydrogen-bond acceptors (Lipinski definition) is 4. The summed E-state index contributed by atoms with van der Waals surface area (Å²) in [5.74, 6) is -0.102. The van der Waals surface area contributed by atoms with Gasteiger partial charge in [0.05, 0.1) is 5.70 Å². The number of aromatic nitrogens is 1. The van der Waals surface area contributed by atoms with Gasteiger partial charge in [0.2, 0.25) is 5.91 Å². The number of carbonyl (C=O) groups excluding carboxylic acids is 1. The van der Waals surface area contributed by atoms with Gasteiger partial charge in [-0.3, -0.25) is 14.2 Å². The summed E-state index contributed by atoms with van der Waals surface area (Å²) in [5, 5.41) is 9.50. The fourth-order valence-corrected chi connectivity index (χ4v) is 2.76. The van der Waals surface area contributed by atoms with E-state index in [4.69, 9.17) is 10.5 Å². The Labute approximate surface area is 138 Å². The molecule has 0 unspecified atom stereocenters. The zero-order valence-corrected chi connectivity index (χ0v) is 13.7. The molecule has 124 valence electrons. The van der Waals surface area contributed by atoms with Gasteiger partial charge >= 0.3 is 0 Å². The van der Waals surface area contributed by atoms with E-state index < -0.39 is 11.5 Å². The second-order valence-corrected chi connectivity index (χ2v) is 6.25. The number of primary amides is 1. The Morgan fingerprint density at radius 3 is 2.58 bits per heavy atom. The summed E-state index contributed by atoms with van der Waals surface area (Å²) < 4.78 is 7.44. The van der Waals surface area contributed by atoms with E-state index in [0.717, 1.165) is 11.6 Å². The number of fused-ring (bicyclic) bond motifs is 1. The van der Waals surface area contributed by atoms with E-state index in [-0.39, 0.29) is 11.3 Å². The molecule has 0 radical (unpaired) electrons. The van der Waals surface area contributed by atoms with Crippen LogP contribution in [0.3, 0.4) is 0 Å². The fraction of sp³-hybridized carbons (Fsp3) is 0.222. The van der Waals surface area contributed by atoms with Gasteiger partial charge in [-0.05, 0) is 50.6 Å². The lowest BCUT2D eigenvalue weighted by molar-refractivity contribution is 0.1000. The SMILES string of the molecule is CC1=C(n2ccc(O)cc2=O)c2cc(C(N)=O)ccc2OC1(C)C. The van der Waals surface area contributed by atoms with Crippen LogP contribution in [0.4, 0.5) is 0 Å². The Morgan fingerprint density at radius 2 is 1.96 bits per heavy atom. The van der Waals surface area contributed by atoms with Crippen LogP contribution in [0.2, 0.25) is 0 Å². The number of aromatic hydroxyl groups is 1. The zero-order chi connectivity index (χ0) is 17.6. The van der Waals surface area contributed by atoms with Crippen LogP contribution in [0, 0.1) is 0 Å². The molecule has 3 N–H and O–H groups in total. The van der Waals surface area contributed by atoms with Crippen molar-refractivity contribution in [2.45, 2.75) is 26.4 Å². The number of ether oxygens (including phenoxy) is 1. The summed E-state index contributed by atoms with van der Waals surface area (Å²) in [6, 6.07) is 7.46. The average molecular weight is 326 g/mol. The summed E-state index contributed by atoms with van der Waals surface area (Å²) in [7, 11) is 0. The van der Waals surface area contributed by atoms with E-state index in [2.05, 4.69) is 0 Å². The first-order valence-electron chi connectivity index (χ1n) is 7.47. The summed E-state index contributed by atoms with van der Waals surface area (Å²) in [4.78, 5) is 23.9. The summed E-state index contributed by atoms with van der Waals surface area (Å²) >= 11 is 0. The summed E-state index contributed by atoms with van der Waals surface area (Å²) in [6.45, 7) is 5.67. The molecule has 3 rings (SSSR count). The van der Waals surface area contributed by atoms with Crippen LogP contribution >= 0.6 is 0 Å². The highest BCUT2D eigenvalue weighted by Crippen LogP contribution is 2.41. The number of nitrogens with zero attached hydrogens (tertiary/aromatic N) is 1. The maximum Gasteiger partial charge on any atom is 0.258 e. The maximum atomic E-state index is 12.4. The highest BCUT2D eigenvalue weighted by atomic mass is 16.5. The van der Waals surface area contributed by atoms with Crippen LogP contribution in [-0.4, -0.2) is 21.2 Å². The Bertz CT molecular complexity index is 938. The molecule has 1 aromatic carbocycles. The number of nitrogens with two attached hydrogens (primary N) is 1. The third kappa shape index (κ3) is 2.46. The third-order valence-electron chi connectivity index (χ3n) is 4.29. The molecule has 1 aliphatic heterocycles. The molecular weight excluding hydrogens is 308 g/mol. The zero-order valence-electron chi connectivity index (χ0n) is 13.7. The lowest BCUT2D eigenvalue weighted by Gasteiger charge is -2.36. The summed E-state index contributed by atoms with van der Waals surface area (Å²) in [5.41, 5.74) is 6.74. The Kier molecular flexibility index (Phi) is 3.48. The molecule has 24 heavy (non-hydrogen) atoms. The molecular formula is C18H18N2O4. The molecule has 6 nitrogen and oxygen atoms in total. The van der Waals surface area contributed by atoms with Gasteiger partial charge in [-0.2, -0.15) is 0 Å². The maximum absolute atomic E-state index is 12.4. The van der Waals surface area contributed by atoms with Gasteiger partial charge in [-0.15, -0.1) is 0 Å². The molecule has 0 bridgehead atoms. The first kappa shape index (κ1) is 15.9. The first-order valence-corrected chi connectivity index (χ1v) is 7.47. The molecule has 1 aliphatic rings. The molecule has 2 heterocycles. The van der Waals surface area contributed by atoms with E-state index in [9.17, 15) is 14.7 Å². The molecule has 0 spiro atoms. The standard InChI is InChI=1S/C18H18N2O4/c1-10-16(20-7-6-12(21)9-15(20)22)13-8-11(17(19)23)4-5-14(13)24-18(10,2)3/h4-9,21H,1-3H3,(H2,19,23). The van der Waals surface area contributed by atoms with Gasteiger partial charge in [-0.25, -0.2) is 0 Å². The Hall–Kier alpha value is -3.02. The second kappa shape index (κ2) is 5.26. The van der Waals surface area contributed by atoms with Gasteiger partial charge in [0.15, 0.2) is 0 Å². The van der Waals surface area contributed by atoms with Crippen molar-refractivity contribution in [3.63, 3.8) is 0 Å². The molecule has 0 fully saturated rings. The van der Waals surface area contributed by atoms with E-state index in [0.29, 0.717) is 22.6 Å². The molecule has 1 amide bonds. The molecule has 0 saturated carbocycles. The van der Waals surface area contributed by atoms with Crippen LogP contribution < -0.4 is 16.0 Å². The van der Waals surface area contributed by atoms with Crippen molar-refractivity contribution in [2.24, 2.45) is 5.73 Å². The summed E-state index contributed by atoms with van der Waals surface area (Å²) in [6.07, 6.45) is 1.50. The molecule has 2 aromatic rings. The number of benzene rings is 1. The Morgan fingerprint density at radius 1 is 1.25 bits per heavy atom. The average Bonchev–Trinajstić information content (AvgIpc) is 2.49. The number of carbonyl (C=O) groups is 1. The van der Waals surface area contributed by atoms with Crippen LogP contribution in [0.25, 0.3) is 5.70 Å². The van der Waals surface area contributed by atoms with Gasteiger partial charge in [0.1, 0.15) is 17.1 Å². The number of pyridine rings is 1. The molecule has 0 atom stereocenters. The normalized spacial score (nSPS) is 15.6. The Balaban J connectivity index is 2.35. The highest BCUT2D eigenvalue weighted by molar-refractivity contribution is 5.94. The van der Waals surface area contributed by atoms with Crippen LogP contribution in [0.1, 0.15) is 36.7 Å². The quantitative estimate of drug-likeness (QED) is 0.883. The fourth-order valence-electron chi connectivity index (χ4n) is 2.76. The number of rotatable bonds is 2. The van der Waals surface area contributed by atoms with Crippen LogP contribution in [0.5, 0.6) is 11.5 Å². The van der Waals surface area contributed by atoms with Gasteiger partial charge in [0, 0.05) is 23.4 Å². The predicted molar refractivity (Wildman–Crippen MR) is 90.0 cm³/mol. The third-order valence-corrected chi connectivity index (χ3v) is 4.29. The van der Waals surface area contributed by atoms with E-state index in [1.807, 2.05) is 20.8 Å². The van der Waals surface area contributed by atoms with Gasteiger partial charge in [-0.1, -0.05) is 0 Å². The number of hydrogen-bond donors (Lipinski definition) is 2. The minimum Gasteiger partial charge on any atom is -0.508 e. The minimum atomic E-state index is -0.631. The van der Waals surface area contributed by atoms with Crippen LogP contribution in [-0.2, 0) is 0 Å². The lowest BCUT2D eigenvalue weighted by Crippen LogP contribution is -2.36. The monoisotopic (exact) mass is 326 g/mol. The first-order chi connectivity index (χ1) is 11.2. The molecule has 6 heteroatoms. The second-order valence-electron chi connectivity index (χ2n) is 6.25. The predicted octanol–water partition coefficient (Wildman–Crippen LogP) is 2.10. The van der Waals surface area contributed by atoms with Crippen molar-refractivity contribution < 1.29 is 14.6 Å². The van der Waals surface area contributed by atoms with Crippen molar-refractivity contribution in [1.29, 1.82) is 0 Å². The van der Waals surface area contributed by atoms with Gasteiger partial charge < -0.3 is 15.6 Å². The van der Waals surface area contributed by atoms with Gasteiger partial charge in [0.25, 0.3) is 5.56 Å². The smallest absolute Gasteiger partial charge is 0.258 e. The van der Waals surface area contributed by atoms with Crippen LogP contribution in [0.15, 0.2) is 46.9 Å². The van der Waals surface area contributed by atoms with E-state index in [1.54, 1.807) is 18.2 Å². The van der Waals surface area contributed by atoms with Crippen molar-refractivity contribution in [3.8, 4) is 11.5 Å². The number of amides is 1. The minimum absolute atomic E-state index is 0.105. The lowest BCUT2D eigenvalue weighted by atomic mass is 9.90. The largest absolute Gasteiger partial charge is 0.508 e. The topological polar surface area (TPSA) is 94.5 Å².